The van der Waals surface area contributed by atoms with Gasteiger partial charge in [0.05, 0.1) is 6.42 Å². The Kier molecular flexibility index (Phi) is 10.4. The summed E-state index contributed by atoms with van der Waals surface area (Å²) in [5.41, 5.74) is 5.00. The number of Topliss-reactive ketones (excluding diaryl/α,β-unsaturated/α-hetero) is 1. The van der Waals surface area contributed by atoms with Crippen LogP contribution >= 0.6 is 0 Å². The van der Waals surface area contributed by atoms with E-state index in [1.54, 1.807) is 0 Å². The molecule has 1 unspecified atom stereocenters. The van der Waals surface area contributed by atoms with Crippen LogP contribution in [0.4, 0.5) is 0 Å². The first-order valence-corrected chi connectivity index (χ1v) is 5.26. The van der Waals surface area contributed by atoms with Gasteiger partial charge < -0.3 is 26.2 Å². The zero-order chi connectivity index (χ0) is 16.3. The third kappa shape index (κ3) is 13.6. The van der Waals surface area contributed by atoms with E-state index in [9.17, 15) is 24.0 Å². The van der Waals surface area contributed by atoms with Gasteiger partial charge in [-0.3, -0.25) is 19.2 Å². The quantitative estimate of drug-likeness (QED) is 0.338. The number of nitrogens with two attached hydrogens (primary N) is 1. The summed E-state index contributed by atoms with van der Waals surface area (Å²) in [7, 11) is 0. The van der Waals surface area contributed by atoms with Crippen molar-refractivity contribution < 1.29 is 44.4 Å². The molecule has 10 nitrogen and oxygen atoms in total. The summed E-state index contributed by atoms with van der Waals surface area (Å²) in [4.78, 5) is 49.6. The van der Waals surface area contributed by atoms with Crippen molar-refractivity contribution in [3.8, 4) is 0 Å². The fourth-order valence-corrected chi connectivity index (χ4v) is 0.730. The molecule has 0 aromatic heterocycles. The van der Waals surface area contributed by atoms with Crippen LogP contribution in [0.5, 0.6) is 0 Å². The van der Waals surface area contributed by atoms with Crippen molar-refractivity contribution >= 4 is 29.7 Å². The second-order valence-corrected chi connectivity index (χ2v) is 3.50. The zero-order valence-electron chi connectivity index (χ0n) is 10.3. The van der Waals surface area contributed by atoms with Crippen molar-refractivity contribution in [2.24, 2.45) is 5.73 Å². The van der Waals surface area contributed by atoms with E-state index >= 15 is 0 Å². The maximum Gasteiger partial charge on any atom is 0.372 e. The van der Waals surface area contributed by atoms with Gasteiger partial charge in [0, 0.05) is 12.8 Å². The average molecular weight is 293 g/mol. The van der Waals surface area contributed by atoms with Crippen molar-refractivity contribution in [1.29, 1.82) is 0 Å². The molecule has 114 valence electrons. The van der Waals surface area contributed by atoms with E-state index in [1.807, 2.05) is 0 Å². The second kappa shape index (κ2) is 10.4. The number of hydrogen-bond donors (Lipinski definition) is 5. The normalized spacial score (nSPS) is 10.7. The first-order chi connectivity index (χ1) is 9.07. The van der Waals surface area contributed by atoms with Crippen LogP contribution in [0.3, 0.4) is 0 Å². The molecule has 0 aliphatic rings. The Morgan fingerprint density at radius 2 is 1.25 bits per heavy atom. The highest BCUT2D eigenvalue weighted by Crippen LogP contribution is 1.93. The molecule has 0 fully saturated rings. The molecular formula is C10H15NO9. The molecule has 0 aromatic rings. The van der Waals surface area contributed by atoms with Gasteiger partial charge in [-0.05, 0) is 6.42 Å². The van der Waals surface area contributed by atoms with Crippen LogP contribution in [0.15, 0.2) is 0 Å². The number of rotatable bonds is 8. The molecule has 0 saturated heterocycles. The highest BCUT2D eigenvalue weighted by Gasteiger charge is 2.12. The van der Waals surface area contributed by atoms with Gasteiger partial charge in [0.15, 0.2) is 0 Å². The Bertz CT molecular complexity index is 390. The number of carboxylic acid groups (broad SMARTS) is 4. The van der Waals surface area contributed by atoms with Crippen LogP contribution in [-0.2, 0) is 24.0 Å². The lowest BCUT2D eigenvalue weighted by Gasteiger charge is -2.01. The van der Waals surface area contributed by atoms with E-state index in [0.717, 1.165) is 0 Å². The molecule has 0 aliphatic heterocycles. The maximum atomic E-state index is 10.2. The maximum absolute atomic E-state index is 10.2. The first kappa shape index (κ1) is 19.8. The molecule has 0 radical (unpaired) electrons. The van der Waals surface area contributed by atoms with Gasteiger partial charge in [-0.25, -0.2) is 4.79 Å². The van der Waals surface area contributed by atoms with Crippen LogP contribution in [0.25, 0.3) is 0 Å². The van der Waals surface area contributed by atoms with E-state index in [-0.39, 0.29) is 12.8 Å². The molecule has 6 N–H and O–H groups in total. The number of ketones is 1. The first-order valence-electron chi connectivity index (χ1n) is 5.26. The largest absolute Gasteiger partial charge is 0.481 e. The van der Waals surface area contributed by atoms with E-state index in [0.29, 0.717) is 0 Å². The van der Waals surface area contributed by atoms with Crippen molar-refractivity contribution in [3.63, 3.8) is 0 Å². The number of carbonyl (C=O) groups is 5. The lowest BCUT2D eigenvalue weighted by Crippen LogP contribution is -2.30. The molecule has 0 saturated carbocycles. The minimum absolute atomic E-state index is 0.0231. The van der Waals surface area contributed by atoms with Crippen LogP contribution in [0, 0.1) is 0 Å². The number of hydrogen-bond acceptors (Lipinski definition) is 6. The Morgan fingerprint density at radius 1 is 0.800 bits per heavy atom. The summed E-state index contributed by atoms with van der Waals surface area (Å²) in [6.45, 7) is 0. The molecule has 0 rings (SSSR count). The van der Waals surface area contributed by atoms with Crippen LogP contribution in [0.1, 0.15) is 25.7 Å². The number of carboxylic acids is 4. The topological polar surface area (TPSA) is 192 Å². The Hall–Kier alpha value is -2.49. The summed E-state index contributed by atoms with van der Waals surface area (Å²) in [6, 6.07) is -1.06. The number of carbonyl (C=O) groups excluding carboxylic acids is 1. The second-order valence-electron chi connectivity index (χ2n) is 3.50. The van der Waals surface area contributed by atoms with E-state index < -0.39 is 48.5 Å². The van der Waals surface area contributed by atoms with Crippen molar-refractivity contribution in [2.75, 3.05) is 0 Å². The molecule has 0 aromatic carbocycles. The van der Waals surface area contributed by atoms with E-state index in [4.69, 9.17) is 26.2 Å². The van der Waals surface area contributed by atoms with Crippen molar-refractivity contribution in [3.05, 3.63) is 0 Å². The van der Waals surface area contributed by atoms with Gasteiger partial charge in [0.25, 0.3) is 0 Å². The highest BCUT2D eigenvalue weighted by atomic mass is 16.4. The third-order valence-electron chi connectivity index (χ3n) is 1.79. The number of aliphatic carboxylic acids is 4. The molecule has 0 amide bonds. The fourth-order valence-electron chi connectivity index (χ4n) is 0.730. The predicted molar refractivity (Wildman–Crippen MR) is 62.0 cm³/mol. The molecule has 0 spiro atoms. The Labute approximate surface area is 112 Å². The molecule has 0 bridgehead atoms. The third-order valence-corrected chi connectivity index (χ3v) is 1.79. The summed E-state index contributed by atoms with van der Waals surface area (Å²) in [5.74, 6) is -6.02. The van der Waals surface area contributed by atoms with E-state index in [2.05, 4.69) is 0 Å². The molecule has 1 atom stereocenters. The van der Waals surface area contributed by atoms with Crippen LogP contribution in [0.2, 0.25) is 0 Å². The monoisotopic (exact) mass is 293 g/mol. The van der Waals surface area contributed by atoms with E-state index in [1.165, 1.54) is 0 Å². The summed E-state index contributed by atoms with van der Waals surface area (Å²) < 4.78 is 0. The molecular weight excluding hydrogens is 278 g/mol. The summed E-state index contributed by atoms with van der Waals surface area (Å²) >= 11 is 0. The molecule has 0 aliphatic carbocycles. The lowest BCUT2D eigenvalue weighted by molar-refractivity contribution is -0.150. The summed E-state index contributed by atoms with van der Waals surface area (Å²) in [5, 5.41) is 32.2. The van der Waals surface area contributed by atoms with Crippen LogP contribution in [-0.4, -0.2) is 56.1 Å². The Morgan fingerprint density at radius 3 is 1.55 bits per heavy atom. The minimum atomic E-state index is -1.58. The fraction of sp³-hybridized carbons (Fsp3) is 0.500. The summed E-state index contributed by atoms with van der Waals surface area (Å²) in [6.07, 6.45) is -1.09. The van der Waals surface area contributed by atoms with Crippen LogP contribution < -0.4 is 5.73 Å². The minimum Gasteiger partial charge on any atom is -0.481 e. The Balaban J connectivity index is 0. The molecule has 10 heteroatoms. The molecule has 0 heterocycles. The molecule has 20 heavy (non-hydrogen) atoms. The smallest absolute Gasteiger partial charge is 0.372 e. The zero-order valence-corrected chi connectivity index (χ0v) is 10.3. The van der Waals surface area contributed by atoms with Gasteiger partial charge in [0.2, 0.25) is 5.78 Å². The lowest BCUT2D eigenvalue weighted by atomic mass is 10.2. The van der Waals surface area contributed by atoms with Gasteiger partial charge in [-0.2, -0.15) is 0 Å². The van der Waals surface area contributed by atoms with Gasteiger partial charge in [-0.1, -0.05) is 0 Å². The average Bonchev–Trinajstić information content (AvgIpc) is 2.33. The standard InChI is InChI=1S/C5H9NO4.C5H6O5/c2*6-3(5(9)10)1-2-4(7)8/h3H,1-2,6H2,(H,7,8)(H,9,10);1-2H2,(H,7,8)(H,9,10). The van der Waals surface area contributed by atoms with Crippen molar-refractivity contribution in [2.45, 2.75) is 31.7 Å². The van der Waals surface area contributed by atoms with Gasteiger partial charge >= 0.3 is 23.9 Å². The van der Waals surface area contributed by atoms with Gasteiger partial charge in [0.1, 0.15) is 6.04 Å². The SMILES string of the molecule is NC(CCC(=O)O)C(=O)O.O=C(O)CCC(=O)C(=O)O. The van der Waals surface area contributed by atoms with Gasteiger partial charge in [-0.15, -0.1) is 0 Å². The van der Waals surface area contributed by atoms with Crippen molar-refractivity contribution in [1.82, 2.24) is 0 Å². The predicted octanol–water partition coefficient (Wildman–Crippen LogP) is -1.23. The highest BCUT2D eigenvalue weighted by molar-refractivity contribution is 6.32.